The van der Waals surface area contributed by atoms with Crippen LogP contribution in [-0.2, 0) is 14.8 Å². The fourth-order valence-electron chi connectivity index (χ4n) is 2.99. The molecule has 2 rings (SSSR count). The van der Waals surface area contributed by atoms with Gasteiger partial charge in [-0.25, -0.2) is 8.42 Å². The van der Waals surface area contributed by atoms with Gasteiger partial charge in [0.05, 0.1) is 23.2 Å². The highest BCUT2D eigenvalue weighted by Gasteiger charge is 2.32. The number of para-hydroxylation sites is 1. The summed E-state index contributed by atoms with van der Waals surface area (Å²) in [5.74, 6) is -0.841. The quantitative estimate of drug-likeness (QED) is 0.608. The molecule has 0 unspecified atom stereocenters. The zero-order chi connectivity index (χ0) is 22.3. The Morgan fingerprint density at radius 3 is 2.27 bits per heavy atom. The highest BCUT2D eigenvalue weighted by atomic mass is 35.5. The molecule has 7 nitrogen and oxygen atoms in total. The molecule has 162 valence electrons. The van der Waals surface area contributed by atoms with E-state index in [1.807, 2.05) is 6.92 Å². The van der Waals surface area contributed by atoms with E-state index >= 15 is 0 Å². The average Bonchev–Trinajstić information content (AvgIpc) is 2.70. The summed E-state index contributed by atoms with van der Waals surface area (Å²) in [6, 6.07) is 11.8. The van der Waals surface area contributed by atoms with Crippen molar-refractivity contribution in [2.75, 3.05) is 22.4 Å². The Balaban J connectivity index is 2.36. The summed E-state index contributed by atoms with van der Waals surface area (Å²) in [6.45, 7) is 4.17. The summed E-state index contributed by atoms with van der Waals surface area (Å²) in [7, 11) is -3.77. The molecule has 0 heterocycles. The molecule has 0 aliphatic carbocycles. The van der Waals surface area contributed by atoms with E-state index < -0.39 is 22.0 Å². The Labute approximate surface area is 182 Å². The number of hydrogen-bond donors (Lipinski definition) is 2. The molecule has 2 aromatic rings. The first-order valence-electron chi connectivity index (χ1n) is 9.62. The molecule has 0 aliphatic heterocycles. The molecule has 9 heteroatoms. The third-order valence-electron chi connectivity index (χ3n) is 4.38. The van der Waals surface area contributed by atoms with Gasteiger partial charge in [0.1, 0.15) is 6.04 Å². The summed E-state index contributed by atoms with van der Waals surface area (Å²) < 4.78 is 26.1. The summed E-state index contributed by atoms with van der Waals surface area (Å²) in [5.41, 5.74) is 0.962. The van der Waals surface area contributed by atoms with Gasteiger partial charge < -0.3 is 10.6 Å². The van der Waals surface area contributed by atoms with Crippen LogP contribution in [0.2, 0.25) is 5.02 Å². The number of anilines is 2. The lowest BCUT2D eigenvalue weighted by atomic mass is 10.1. The second-order valence-corrected chi connectivity index (χ2v) is 9.05. The molecule has 0 bridgehead atoms. The zero-order valence-electron chi connectivity index (χ0n) is 17.2. The second-order valence-electron chi connectivity index (χ2n) is 6.75. The standard InChI is InChI=1S/C21H26ClN3O4S/c1-4-14-23-20(26)17-8-6-7-9-18(17)24-21(27)19(5-2)25(30(3,28)29)16-12-10-15(22)11-13-16/h6-13,19H,4-5,14H2,1-3H3,(H,23,26)(H,24,27)/t19-/m1/s1. The van der Waals surface area contributed by atoms with E-state index in [9.17, 15) is 18.0 Å². The molecule has 2 amide bonds. The maximum Gasteiger partial charge on any atom is 0.253 e. The molecule has 0 aliphatic rings. The summed E-state index contributed by atoms with van der Waals surface area (Å²) >= 11 is 5.91. The Kier molecular flexibility index (Phi) is 8.25. The monoisotopic (exact) mass is 451 g/mol. The van der Waals surface area contributed by atoms with Crippen LogP contribution in [0.3, 0.4) is 0 Å². The number of sulfonamides is 1. The predicted molar refractivity (Wildman–Crippen MR) is 121 cm³/mol. The van der Waals surface area contributed by atoms with E-state index in [0.29, 0.717) is 28.5 Å². The van der Waals surface area contributed by atoms with E-state index in [0.717, 1.165) is 17.0 Å². The fourth-order valence-corrected chi connectivity index (χ4v) is 4.33. The van der Waals surface area contributed by atoms with Crippen molar-refractivity contribution in [3.63, 3.8) is 0 Å². The molecule has 0 saturated carbocycles. The van der Waals surface area contributed by atoms with Crippen LogP contribution in [0.4, 0.5) is 11.4 Å². The summed E-state index contributed by atoms with van der Waals surface area (Å²) in [6.07, 6.45) is 2.05. The van der Waals surface area contributed by atoms with Crippen LogP contribution in [-0.4, -0.2) is 39.1 Å². The molecule has 2 aromatic carbocycles. The van der Waals surface area contributed by atoms with Gasteiger partial charge in [-0.3, -0.25) is 13.9 Å². The van der Waals surface area contributed by atoms with Gasteiger partial charge in [0.15, 0.2) is 0 Å². The minimum Gasteiger partial charge on any atom is -0.352 e. The highest BCUT2D eigenvalue weighted by molar-refractivity contribution is 7.92. The van der Waals surface area contributed by atoms with Crippen LogP contribution in [0.1, 0.15) is 37.0 Å². The van der Waals surface area contributed by atoms with Crippen LogP contribution in [0.15, 0.2) is 48.5 Å². The number of carbonyl (C=O) groups excluding carboxylic acids is 2. The van der Waals surface area contributed by atoms with Gasteiger partial charge in [-0.05, 0) is 49.2 Å². The van der Waals surface area contributed by atoms with Crippen molar-refractivity contribution < 1.29 is 18.0 Å². The molecular weight excluding hydrogens is 426 g/mol. The van der Waals surface area contributed by atoms with Crippen molar-refractivity contribution in [1.82, 2.24) is 5.32 Å². The number of nitrogens with zero attached hydrogens (tertiary/aromatic N) is 1. The minimum absolute atomic E-state index is 0.228. The van der Waals surface area contributed by atoms with Crippen molar-refractivity contribution in [3.05, 3.63) is 59.1 Å². The zero-order valence-corrected chi connectivity index (χ0v) is 18.8. The molecule has 0 spiro atoms. The molecule has 0 fully saturated rings. The third kappa shape index (κ3) is 5.96. The summed E-state index contributed by atoms with van der Waals surface area (Å²) in [5, 5.41) is 5.95. The van der Waals surface area contributed by atoms with E-state index in [4.69, 9.17) is 11.6 Å². The van der Waals surface area contributed by atoms with Crippen molar-refractivity contribution in [2.45, 2.75) is 32.7 Å². The first kappa shape index (κ1) is 23.7. The number of rotatable bonds is 9. The Morgan fingerprint density at radius 2 is 1.70 bits per heavy atom. The topological polar surface area (TPSA) is 95.6 Å². The van der Waals surface area contributed by atoms with Gasteiger partial charge in [-0.1, -0.05) is 37.6 Å². The van der Waals surface area contributed by atoms with Crippen molar-refractivity contribution in [2.24, 2.45) is 0 Å². The molecule has 1 atom stereocenters. The van der Waals surface area contributed by atoms with Crippen molar-refractivity contribution >= 4 is 44.8 Å². The van der Waals surface area contributed by atoms with Crippen LogP contribution < -0.4 is 14.9 Å². The first-order chi connectivity index (χ1) is 14.2. The summed E-state index contributed by atoms with van der Waals surface area (Å²) in [4.78, 5) is 25.5. The van der Waals surface area contributed by atoms with Crippen LogP contribution in [0.5, 0.6) is 0 Å². The average molecular weight is 452 g/mol. The third-order valence-corrected chi connectivity index (χ3v) is 5.81. The van der Waals surface area contributed by atoms with Gasteiger partial charge >= 0.3 is 0 Å². The van der Waals surface area contributed by atoms with Crippen molar-refractivity contribution in [3.8, 4) is 0 Å². The van der Waals surface area contributed by atoms with Crippen molar-refractivity contribution in [1.29, 1.82) is 0 Å². The molecular formula is C21H26ClN3O4S. The van der Waals surface area contributed by atoms with Gasteiger partial charge in [-0.15, -0.1) is 0 Å². The first-order valence-corrected chi connectivity index (χ1v) is 11.8. The number of halogens is 1. The van der Waals surface area contributed by atoms with Crippen LogP contribution in [0, 0.1) is 0 Å². The van der Waals surface area contributed by atoms with Gasteiger partial charge in [0, 0.05) is 11.6 Å². The normalized spacial score (nSPS) is 12.1. The molecule has 0 saturated heterocycles. The largest absolute Gasteiger partial charge is 0.352 e. The molecule has 0 aromatic heterocycles. The number of benzene rings is 2. The van der Waals surface area contributed by atoms with Gasteiger partial charge in [-0.2, -0.15) is 0 Å². The lowest BCUT2D eigenvalue weighted by Crippen LogP contribution is -2.47. The Morgan fingerprint density at radius 1 is 1.07 bits per heavy atom. The fraction of sp³-hybridized carbons (Fsp3) is 0.333. The smallest absolute Gasteiger partial charge is 0.253 e. The van der Waals surface area contributed by atoms with Gasteiger partial charge in [0.25, 0.3) is 5.91 Å². The molecule has 30 heavy (non-hydrogen) atoms. The Hall–Kier alpha value is -2.58. The SMILES string of the molecule is CCCNC(=O)c1ccccc1NC(=O)[C@@H](CC)N(c1ccc(Cl)cc1)S(C)(=O)=O. The number of hydrogen-bond acceptors (Lipinski definition) is 4. The number of amides is 2. The lowest BCUT2D eigenvalue weighted by molar-refractivity contribution is -0.117. The van der Waals surface area contributed by atoms with Crippen LogP contribution in [0.25, 0.3) is 0 Å². The maximum absolute atomic E-state index is 13.1. The Bertz CT molecular complexity index is 994. The molecule has 2 N–H and O–H groups in total. The van der Waals surface area contributed by atoms with Crippen LogP contribution >= 0.6 is 11.6 Å². The van der Waals surface area contributed by atoms with E-state index in [-0.39, 0.29) is 12.3 Å². The van der Waals surface area contributed by atoms with E-state index in [1.54, 1.807) is 55.5 Å². The second kappa shape index (κ2) is 10.4. The number of nitrogens with one attached hydrogen (secondary N) is 2. The molecule has 0 radical (unpaired) electrons. The maximum atomic E-state index is 13.1. The predicted octanol–water partition coefficient (Wildman–Crippen LogP) is 3.66. The highest BCUT2D eigenvalue weighted by Crippen LogP contribution is 2.25. The lowest BCUT2D eigenvalue weighted by Gasteiger charge is -2.30. The van der Waals surface area contributed by atoms with E-state index in [2.05, 4.69) is 10.6 Å². The van der Waals surface area contributed by atoms with E-state index in [1.165, 1.54) is 0 Å². The number of carbonyl (C=O) groups is 2. The van der Waals surface area contributed by atoms with Gasteiger partial charge in [0.2, 0.25) is 15.9 Å². The minimum atomic E-state index is -3.77.